The van der Waals surface area contributed by atoms with Crippen LogP contribution in [-0.2, 0) is 16.1 Å². The zero-order chi connectivity index (χ0) is 23.1. The molecular formula is C27H23ClN2O3. The molecule has 1 aliphatic rings. The van der Waals surface area contributed by atoms with E-state index < -0.39 is 11.8 Å². The summed E-state index contributed by atoms with van der Waals surface area (Å²) >= 11 is 6.40. The van der Waals surface area contributed by atoms with E-state index in [2.05, 4.69) is 23.6 Å². The van der Waals surface area contributed by atoms with Gasteiger partial charge in [-0.1, -0.05) is 48.9 Å². The first-order valence-electron chi connectivity index (χ1n) is 11.1. The van der Waals surface area contributed by atoms with Crippen molar-refractivity contribution in [3.63, 3.8) is 0 Å². The summed E-state index contributed by atoms with van der Waals surface area (Å²) < 4.78 is 7.84. The van der Waals surface area contributed by atoms with Crippen molar-refractivity contribution in [2.75, 3.05) is 11.5 Å². The first-order valence-corrected chi connectivity index (χ1v) is 11.5. The van der Waals surface area contributed by atoms with Gasteiger partial charge in [-0.2, -0.15) is 0 Å². The van der Waals surface area contributed by atoms with E-state index in [1.807, 2.05) is 31.2 Å². The Kier molecular flexibility index (Phi) is 5.43. The van der Waals surface area contributed by atoms with Crippen LogP contribution < -0.4 is 9.64 Å². The van der Waals surface area contributed by atoms with E-state index in [1.165, 1.54) is 0 Å². The van der Waals surface area contributed by atoms with E-state index in [0.29, 0.717) is 23.6 Å². The number of nitrogens with zero attached hydrogens (tertiary/aromatic N) is 2. The molecule has 2 amide bonds. The van der Waals surface area contributed by atoms with Crippen molar-refractivity contribution in [3.05, 3.63) is 77.3 Å². The summed E-state index contributed by atoms with van der Waals surface area (Å²) in [6.45, 7) is 5.57. The largest absolute Gasteiger partial charge is 0.494 e. The predicted molar refractivity (Wildman–Crippen MR) is 133 cm³/mol. The molecule has 1 aliphatic heterocycles. The summed E-state index contributed by atoms with van der Waals surface area (Å²) in [5.41, 5.74) is 3.48. The summed E-state index contributed by atoms with van der Waals surface area (Å²) in [6, 6.07) is 20.9. The van der Waals surface area contributed by atoms with Crippen LogP contribution in [0.25, 0.3) is 27.4 Å². The molecule has 1 aromatic heterocycles. The van der Waals surface area contributed by atoms with E-state index in [0.717, 1.165) is 39.7 Å². The first kappa shape index (κ1) is 21.3. The number of carbonyl (C=O) groups excluding carboxylic acids is 2. The van der Waals surface area contributed by atoms with Gasteiger partial charge in [0.15, 0.2) is 0 Å². The molecule has 0 spiro atoms. The minimum atomic E-state index is -0.512. The highest BCUT2D eigenvalue weighted by Gasteiger charge is 2.39. The average molecular weight is 459 g/mol. The topological polar surface area (TPSA) is 51.5 Å². The molecule has 33 heavy (non-hydrogen) atoms. The number of imide groups is 1. The van der Waals surface area contributed by atoms with Gasteiger partial charge in [-0.3, -0.25) is 9.59 Å². The molecule has 0 atom stereocenters. The molecule has 0 saturated carbocycles. The van der Waals surface area contributed by atoms with Crippen molar-refractivity contribution in [1.82, 2.24) is 4.57 Å². The minimum absolute atomic E-state index is 0.0710. The third-order valence-electron chi connectivity index (χ3n) is 5.97. The van der Waals surface area contributed by atoms with Gasteiger partial charge in [-0.15, -0.1) is 0 Å². The Hall–Kier alpha value is -3.57. The van der Waals surface area contributed by atoms with Gasteiger partial charge in [-0.05, 0) is 55.3 Å². The molecule has 5 rings (SSSR count). The van der Waals surface area contributed by atoms with Crippen LogP contribution in [0, 0.1) is 0 Å². The normalized spacial score (nSPS) is 14.2. The molecular weight excluding hydrogens is 436 g/mol. The van der Waals surface area contributed by atoms with Crippen LogP contribution in [0.3, 0.4) is 0 Å². The van der Waals surface area contributed by atoms with Crippen LogP contribution in [0.1, 0.15) is 25.8 Å². The van der Waals surface area contributed by atoms with Gasteiger partial charge in [0.25, 0.3) is 11.8 Å². The van der Waals surface area contributed by atoms with E-state index in [1.54, 1.807) is 30.3 Å². The number of amides is 2. The Morgan fingerprint density at radius 2 is 1.58 bits per heavy atom. The van der Waals surface area contributed by atoms with Crippen LogP contribution in [0.15, 0.2) is 71.8 Å². The lowest BCUT2D eigenvalue weighted by atomic mass is 10.1. The third-order valence-corrected chi connectivity index (χ3v) is 6.32. The Morgan fingerprint density at radius 3 is 2.30 bits per heavy atom. The fourth-order valence-corrected chi connectivity index (χ4v) is 4.72. The number of ether oxygens (including phenoxy) is 1. The number of hydrogen-bond donors (Lipinski definition) is 0. The Balaban J connectivity index is 1.54. The van der Waals surface area contributed by atoms with Gasteiger partial charge in [0.2, 0.25) is 0 Å². The maximum Gasteiger partial charge on any atom is 0.277 e. The van der Waals surface area contributed by atoms with Crippen molar-refractivity contribution in [2.24, 2.45) is 0 Å². The van der Waals surface area contributed by atoms with Crippen LogP contribution in [0.4, 0.5) is 5.69 Å². The SMILES string of the molecule is CCCOc1ccc(C2=C(Cl)C(=O)N(c3ccc4c(c3)c3ccccc3n4CC)C2=O)cc1. The fraction of sp³-hybridized carbons (Fsp3) is 0.185. The lowest BCUT2D eigenvalue weighted by Crippen LogP contribution is -2.31. The molecule has 0 radical (unpaired) electrons. The van der Waals surface area contributed by atoms with Crippen molar-refractivity contribution >= 4 is 56.5 Å². The minimum Gasteiger partial charge on any atom is -0.494 e. The highest BCUT2D eigenvalue weighted by atomic mass is 35.5. The maximum atomic E-state index is 13.4. The predicted octanol–water partition coefficient (Wildman–Crippen LogP) is 6.13. The number of aromatic nitrogens is 1. The van der Waals surface area contributed by atoms with Crippen molar-refractivity contribution in [1.29, 1.82) is 0 Å². The molecule has 6 heteroatoms. The summed E-state index contributed by atoms with van der Waals surface area (Å²) in [5, 5.41) is 2.00. The van der Waals surface area contributed by atoms with Gasteiger partial charge >= 0.3 is 0 Å². The van der Waals surface area contributed by atoms with Gasteiger partial charge in [0.05, 0.1) is 17.9 Å². The second kappa shape index (κ2) is 8.41. The van der Waals surface area contributed by atoms with Gasteiger partial charge in [0.1, 0.15) is 10.8 Å². The molecule has 0 unspecified atom stereocenters. The molecule has 4 aromatic rings. The number of fused-ring (bicyclic) bond motifs is 3. The summed E-state index contributed by atoms with van der Waals surface area (Å²) in [5.74, 6) is -0.226. The summed E-state index contributed by atoms with van der Waals surface area (Å²) in [6.07, 6.45) is 0.905. The zero-order valence-electron chi connectivity index (χ0n) is 18.5. The first-order chi connectivity index (χ1) is 16.0. The van der Waals surface area contributed by atoms with Crippen LogP contribution in [0.2, 0.25) is 0 Å². The van der Waals surface area contributed by atoms with E-state index in [9.17, 15) is 9.59 Å². The van der Waals surface area contributed by atoms with Crippen molar-refractivity contribution in [3.8, 4) is 5.75 Å². The van der Waals surface area contributed by atoms with Crippen LogP contribution >= 0.6 is 11.6 Å². The van der Waals surface area contributed by atoms with Crippen molar-refractivity contribution in [2.45, 2.75) is 26.8 Å². The third kappa shape index (κ3) is 3.40. The van der Waals surface area contributed by atoms with E-state index >= 15 is 0 Å². The molecule has 5 nitrogen and oxygen atoms in total. The zero-order valence-corrected chi connectivity index (χ0v) is 19.2. The standard InChI is InChI=1S/C27H23ClN2O3/c1-3-15-33-19-12-9-17(10-13-19)24-25(28)27(32)30(26(24)31)18-11-14-23-21(16-18)20-7-5-6-8-22(20)29(23)4-2/h5-14,16H,3-4,15H2,1-2H3. The summed E-state index contributed by atoms with van der Waals surface area (Å²) in [4.78, 5) is 27.6. The number of benzene rings is 3. The number of para-hydroxylation sites is 1. The molecule has 0 fully saturated rings. The Labute approximate surface area is 196 Å². The molecule has 166 valence electrons. The van der Waals surface area contributed by atoms with E-state index in [4.69, 9.17) is 16.3 Å². The monoisotopic (exact) mass is 458 g/mol. The number of halogens is 1. The second-order valence-corrected chi connectivity index (χ2v) is 8.35. The maximum absolute atomic E-state index is 13.4. The smallest absolute Gasteiger partial charge is 0.277 e. The molecule has 0 aliphatic carbocycles. The molecule has 2 heterocycles. The molecule has 0 bridgehead atoms. The highest BCUT2D eigenvalue weighted by Crippen LogP contribution is 2.38. The lowest BCUT2D eigenvalue weighted by Gasteiger charge is -2.15. The number of aryl methyl sites for hydroxylation is 1. The highest BCUT2D eigenvalue weighted by molar-refractivity contribution is 6.60. The number of carbonyl (C=O) groups is 2. The van der Waals surface area contributed by atoms with Crippen LogP contribution in [-0.4, -0.2) is 23.0 Å². The number of hydrogen-bond acceptors (Lipinski definition) is 3. The number of rotatable bonds is 6. The Bertz CT molecular complexity index is 1430. The lowest BCUT2D eigenvalue weighted by molar-refractivity contribution is -0.119. The number of anilines is 1. The van der Waals surface area contributed by atoms with E-state index in [-0.39, 0.29) is 10.6 Å². The van der Waals surface area contributed by atoms with Gasteiger partial charge in [0, 0.05) is 28.4 Å². The van der Waals surface area contributed by atoms with Gasteiger partial charge in [-0.25, -0.2) is 4.90 Å². The quantitative estimate of drug-likeness (QED) is 0.327. The van der Waals surface area contributed by atoms with Crippen molar-refractivity contribution < 1.29 is 14.3 Å². The Morgan fingerprint density at radius 1 is 0.848 bits per heavy atom. The molecule has 3 aromatic carbocycles. The fourth-order valence-electron chi connectivity index (χ4n) is 4.45. The molecule has 0 N–H and O–H groups in total. The average Bonchev–Trinajstić information content (AvgIpc) is 3.28. The van der Waals surface area contributed by atoms with Gasteiger partial charge < -0.3 is 9.30 Å². The summed E-state index contributed by atoms with van der Waals surface area (Å²) in [7, 11) is 0. The second-order valence-electron chi connectivity index (χ2n) is 7.97. The molecule has 0 saturated heterocycles. The van der Waals surface area contributed by atoms with Crippen LogP contribution in [0.5, 0.6) is 5.75 Å².